The van der Waals surface area contributed by atoms with Gasteiger partial charge in [0.05, 0.1) is 18.7 Å². The zero-order valence-electron chi connectivity index (χ0n) is 21.8. The number of fused-ring (bicyclic) bond motifs is 1. The van der Waals surface area contributed by atoms with Crippen molar-refractivity contribution >= 4 is 16.9 Å². The summed E-state index contributed by atoms with van der Waals surface area (Å²) in [5, 5.41) is 21.5. The Hall–Kier alpha value is -3.03. The van der Waals surface area contributed by atoms with Crippen molar-refractivity contribution in [2.24, 2.45) is 11.8 Å². The van der Waals surface area contributed by atoms with Crippen molar-refractivity contribution in [3.63, 3.8) is 0 Å². The third kappa shape index (κ3) is 7.73. The molecule has 37 heavy (non-hydrogen) atoms. The lowest BCUT2D eigenvalue weighted by atomic mass is 9.79. The Morgan fingerprint density at radius 1 is 1.11 bits per heavy atom. The van der Waals surface area contributed by atoms with Gasteiger partial charge in [-0.1, -0.05) is 6.42 Å². The molecule has 2 N–H and O–H groups in total. The van der Waals surface area contributed by atoms with Gasteiger partial charge in [-0.05, 0) is 111 Å². The summed E-state index contributed by atoms with van der Waals surface area (Å²) >= 11 is 0. The first kappa shape index (κ1) is 27.0. The molecule has 0 aliphatic carbocycles. The fourth-order valence-electron chi connectivity index (χ4n) is 5.68. The van der Waals surface area contributed by atoms with Gasteiger partial charge in [-0.2, -0.15) is 0 Å². The van der Waals surface area contributed by atoms with Crippen molar-refractivity contribution in [1.82, 2.24) is 14.9 Å². The molecule has 0 radical (unpaired) electrons. The van der Waals surface area contributed by atoms with Crippen molar-refractivity contribution in [2.75, 3.05) is 26.7 Å². The van der Waals surface area contributed by atoms with E-state index in [0.717, 1.165) is 74.0 Å². The Balaban J connectivity index is 1.28. The van der Waals surface area contributed by atoms with E-state index in [9.17, 15) is 15.0 Å². The number of nitrogens with zero attached hydrogens (tertiary/aromatic N) is 3. The Labute approximate surface area is 219 Å². The molecule has 0 spiro atoms. The number of aromatic nitrogens is 2. The van der Waals surface area contributed by atoms with Gasteiger partial charge >= 0.3 is 5.97 Å². The quantitative estimate of drug-likeness (QED) is 0.305. The highest BCUT2D eigenvalue weighted by atomic mass is 16.5. The number of ether oxygens (including phenoxy) is 1. The molecule has 1 saturated heterocycles. The summed E-state index contributed by atoms with van der Waals surface area (Å²) in [5.41, 5.74) is 3.01. The Morgan fingerprint density at radius 3 is 2.73 bits per heavy atom. The molecule has 0 unspecified atom stereocenters. The number of pyridine rings is 2. The number of hydrogen-bond acceptors (Lipinski definition) is 6. The van der Waals surface area contributed by atoms with E-state index in [1.54, 1.807) is 13.3 Å². The molecule has 7 nitrogen and oxygen atoms in total. The van der Waals surface area contributed by atoms with E-state index in [2.05, 4.69) is 27.0 Å². The second-order valence-electron chi connectivity index (χ2n) is 10.2. The maximum Gasteiger partial charge on any atom is 0.303 e. The highest BCUT2D eigenvalue weighted by molar-refractivity contribution is 5.83. The third-order valence-corrected chi connectivity index (χ3v) is 7.75. The van der Waals surface area contributed by atoms with Crippen molar-refractivity contribution in [3.05, 3.63) is 66.1 Å². The van der Waals surface area contributed by atoms with Crippen molar-refractivity contribution in [3.8, 4) is 5.75 Å². The number of benzene rings is 1. The number of carboxylic acids is 1. The van der Waals surface area contributed by atoms with Gasteiger partial charge in [0, 0.05) is 36.9 Å². The number of aryl methyl sites for hydroxylation is 1. The van der Waals surface area contributed by atoms with E-state index >= 15 is 0 Å². The summed E-state index contributed by atoms with van der Waals surface area (Å²) in [7, 11) is 1.63. The molecule has 1 aliphatic heterocycles. The number of carbonyl (C=O) groups is 1. The van der Waals surface area contributed by atoms with Gasteiger partial charge in [0.25, 0.3) is 0 Å². The molecular weight excluding hydrogens is 466 g/mol. The minimum Gasteiger partial charge on any atom is -0.497 e. The molecule has 198 valence electrons. The van der Waals surface area contributed by atoms with E-state index in [1.165, 1.54) is 12.0 Å². The number of unbranched alkanes of at least 4 members (excludes halogenated alkanes) is 2. The van der Waals surface area contributed by atoms with Crippen LogP contribution in [0.4, 0.5) is 0 Å². The molecule has 3 atom stereocenters. The number of rotatable bonds is 13. The average Bonchev–Trinajstić information content (AvgIpc) is 2.91. The number of carboxylic acid groups (broad SMARTS) is 1. The van der Waals surface area contributed by atoms with E-state index in [4.69, 9.17) is 4.74 Å². The van der Waals surface area contributed by atoms with E-state index in [0.29, 0.717) is 12.3 Å². The van der Waals surface area contributed by atoms with Crippen molar-refractivity contribution in [1.29, 1.82) is 0 Å². The predicted molar refractivity (Wildman–Crippen MR) is 145 cm³/mol. The SMILES string of the molecule is COc1ccc2nccc([C@H](O)CC[C@@H]3CCN(CCCCCc4ccncc4)C[C@@H]3CC(=O)O)c2c1. The Bertz CT molecular complexity index is 1140. The fraction of sp³-hybridized carbons (Fsp3) is 0.500. The lowest BCUT2D eigenvalue weighted by molar-refractivity contribution is -0.139. The van der Waals surface area contributed by atoms with Gasteiger partial charge in [-0.3, -0.25) is 14.8 Å². The lowest BCUT2D eigenvalue weighted by Crippen LogP contribution is -2.41. The van der Waals surface area contributed by atoms with Gasteiger partial charge in [0.15, 0.2) is 0 Å². The van der Waals surface area contributed by atoms with Crippen LogP contribution in [0.1, 0.15) is 62.2 Å². The van der Waals surface area contributed by atoms with Crippen LogP contribution < -0.4 is 4.74 Å². The molecule has 0 saturated carbocycles. The smallest absolute Gasteiger partial charge is 0.303 e. The number of aliphatic hydroxyl groups is 1. The van der Waals surface area contributed by atoms with Crippen LogP contribution >= 0.6 is 0 Å². The largest absolute Gasteiger partial charge is 0.497 e. The highest BCUT2D eigenvalue weighted by Crippen LogP contribution is 2.35. The molecule has 1 aliphatic rings. The van der Waals surface area contributed by atoms with Crippen LogP contribution in [0.2, 0.25) is 0 Å². The monoisotopic (exact) mass is 505 g/mol. The third-order valence-electron chi connectivity index (χ3n) is 7.75. The zero-order chi connectivity index (χ0) is 26.0. The van der Waals surface area contributed by atoms with Crippen LogP contribution in [-0.4, -0.2) is 57.8 Å². The van der Waals surface area contributed by atoms with Crippen LogP contribution in [0.3, 0.4) is 0 Å². The van der Waals surface area contributed by atoms with Gasteiger partial charge in [0.1, 0.15) is 5.75 Å². The number of methoxy groups -OCH3 is 1. The molecule has 7 heteroatoms. The number of aliphatic carboxylic acids is 1. The summed E-state index contributed by atoms with van der Waals surface area (Å²) in [5.74, 6) is 0.419. The maximum absolute atomic E-state index is 11.6. The van der Waals surface area contributed by atoms with Gasteiger partial charge in [-0.25, -0.2) is 0 Å². The Kier molecular flexibility index (Phi) is 9.85. The molecule has 1 aromatic carbocycles. The predicted octanol–water partition coefficient (Wildman–Crippen LogP) is 5.28. The van der Waals surface area contributed by atoms with Crippen LogP contribution in [0.25, 0.3) is 10.9 Å². The zero-order valence-corrected chi connectivity index (χ0v) is 21.8. The van der Waals surface area contributed by atoms with Gasteiger partial charge in [-0.15, -0.1) is 0 Å². The minimum atomic E-state index is -0.734. The standard InChI is InChI=1S/C30H39N3O4/c1-37-25-7-8-28-27(20-25)26(12-16-32-28)29(34)9-6-23-13-18-33(21-24(23)19-30(35)36)17-4-2-3-5-22-10-14-31-15-11-22/h7-8,10-12,14-16,20,23-24,29,34H,2-6,9,13,17-19,21H2,1H3,(H,35,36)/t23-,24+,29-/m1/s1. The first-order valence-electron chi connectivity index (χ1n) is 13.5. The van der Waals surface area contributed by atoms with Crippen LogP contribution in [0, 0.1) is 11.8 Å². The van der Waals surface area contributed by atoms with Crippen LogP contribution in [-0.2, 0) is 11.2 Å². The Morgan fingerprint density at radius 2 is 1.95 bits per heavy atom. The first-order chi connectivity index (χ1) is 18.0. The van der Waals surface area contributed by atoms with Gasteiger partial charge in [0.2, 0.25) is 0 Å². The molecule has 2 aromatic heterocycles. The minimum absolute atomic E-state index is 0.115. The number of piperidine rings is 1. The molecule has 4 rings (SSSR count). The topological polar surface area (TPSA) is 95.8 Å². The van der Waals surface area contributed by atoms with E-state index in [-0.39, 0.29) is 12.3 Å². The molecular formula is C30H39N3O4. The summed E-state index contributed by atoms with van der Waals surface area (Å²) in [6.07, 6.45) is 11.9. The van der Waals surface area contributed by atoms with Crippen LogP contribution in [0.15, 0.2) is 55.0 Å². The van der Waals surface area contributed by atoms with Crippen molar-refractivity contribution < 1.29 is 19.7 Å². The van der Waals surface area contributed by atoms with E-state index in [1.807, 2.05) is 36.7 Å². The molecule has 0 bridgehead atoms. The summed E-state index contributed by atoms with van der Waals surface area (Å²) in [6.45, 7) is 2.84. The summed E-state index contributed by atoms with van der Waals surface area (Å²) in [6, 6.07) is 11.7. The maximum atomic E-state index is 11.6. The van der Waals surface area contributed by atoms with Crippen LogP contribution in [0.5, 0.6) is 5.75 Å². The molecule has 3 heterocycles. The average molecular weight is 506 g/mol. The number of likely N-dealkylation sites (tertiary alicyclic amines) is 1. The summed E-state index contributed by atoms with van der Waals surface area (Å²) in [4.78, 5) is 22.6. The summed E-state index contributed by atoms with van der Waals surface area (Å²) < 4.78 is 5.36. The number of aliphatic hydroxyl groups excluding tert-OH is 1. The lowest BCUT2D eigenvalue weighted by Gasteiger charge is -2.38. The fourth-order valence-corrected chi connectivity index (χ4v) is 5.68. The van der Waals surface area contributed by atoms with Crippen molar-refractivity contribution in [2.45, 2.75) is 57.5 Å². The second-order valence-corrected chi connectivity index (χ2v) is 10.2. The van der Waals surface area contributed by atoms with Gasteiger partial charge < -0.3 is 19.8 Å². The van der Waals surface area contributed by atoms with E-state index < -0.39 is 12.1 Å². The molecule has 3 aromatic rings. The first-order valence-corrected chi connectivity index (χ1v) is 13.5. The second kappa shape index (κ2) is 13.5. The molecule has 1 fully saturated rings. The normalized spacial score (nSPS) is 19.1. The molecule has 0 amide bonds. The highest BCUT2D eigenvalue weighted by Gasteiger charge is 2.31. The number of hydrogen-bond donors (Lipinski definition) is 2.